The van der Waals surface area contributed by atoms with Gasteiger partial charge in [0.15, 0.2) is 0 Å². The summed E-state index contributed by atoms with van der Waals surface area (Å²) < 4.78 is 13.8. The Labute approximate surface area is 106 Å². The monoisotopic (exact) mass is 251 g/mol. The van der Waals surface area contributed by atoms with Gasteiger partial charge in [0, 0.05) is 25.0 Å². The van der Waals surface area contributed by atoms with Gasteiger partial charge in [-0.05, 0) is 25.5 Å². The molecule has 0 radical (unpaired) electrons. The number of benzene rings is 1. The summed E-state index contributed by atoms with van der Waals surface area (Å²) in [5, 5.41) is 9.29. The molecule has 0 aliphatic carbocycles. The van der Waals surface area contributed by atoms with Gasteiger partial charge in [-0.3, -0.25) is 9.69 Å². The molecule has 1 aliphatic rings. The fourth-order valence-electron chi connectivity index (χ4n) is 2.60. The van der Waals surface area contributed by atoms with E-state index in [-0.39, 0.29) is 17.8 Å². The first-order valence-corrected chi connectivity index (χ1v) is 6.22. The van der Waals surface area contributed by atoms with Crippen molar-refractivity contribution in [3.63, 3.8) is 0 Å². The number of hydrogen-bond acceptors (Lipinski definition) is 2. The third kappa shape index (κ3) is 2.38. The molecule has 2 atom stereocenters. The summed E-state index contributed by atoms with van der Waals surface area (Å²) in [6.45, 7) is 5.16. The number of carbonyl (C=O) groups is 1. The third-order valence-electron chi connectivity index (χ3n) is 3.70. The fourth-order valence-corrected chi connectivity index (χ4v) is 2.60. The summed E-state index contributed by atoms with van der Waals surface area (Å²) in [6, 6.07) is 6.76. The van der Waals surface area contributed by atoms with Gasteiger partial charge in [0.25, 0.3) is 0 Å². The van der Waals surface area contributed by atoms with Crippen LogP contribution in [0.5, 0.6) is 0 Å². The van der Waals surface area contributed by atoms with E-state index < -0.39 is 11.9 Å². The van der Waals surface area contributed by atoms with Gasteiger partial charge in [0.2, 0.25) is 0 Å². The Balaban J connectivity index is 2.30. The fraction of sp³-hybridized carbons (Fsp3) is 0.500. The van der Waals surface area contributed by atoms with Crippen molar-refractivity contribution in [2.75, 3.05) is 13.1 Å². The molecule has 0 aromatic heterocycles. The second kappa shape index (κ2) is 5.06. The number of aliphatic carboxylic acids is 1. The Morgan fingerprint density at radius 3 is 2.61 bits per heavy atom. The number of likely N-dealkylation sites (tertiary alicyclic amines) is 1. The van der Waals surface area contributed by atoms with Gasteiger partial charge in [-0.2, -0.15) is 0 Å². The lowest BCUT2D eigenvalue weighted by Crippen LogP contribution is -2.29. The van der Waals surface area contributed by atoms with E-state index in [1.165, 1.54) is 6.07 Å². The highest BCUT2D eigenvalue weighted by atomic mass is 19.1. The van der Waals surface area contributed by atoms with Crippen molar-refractivity contribution in [3.8, 4) is 0 Å². The van der Waals surface area contributed by atoms with Crippen LogP contribution in [0.3, 0.4) is 0 Å². The smallest absolute Gasteiger partial charge is 0.308 e. The maximum atomic E-state index is 13.8. The quantitative estimate of drug-likeness (QED) is 0.896. The van der Waals surface area contributed by atoms with Gasteiger partial charge >= 0.3 is 5.97 Å². The number of halogens is 1. The van der Waals surface area contributed by atoms with Gasteiger partial charge in [0.1, 0.15) is 5.82 Å². The molecule has 1 N–H and O–H groups in total. The molecule has 0 saturated carbocycles. The average Bonchev–Trinajstić information content (AvgIpc) is 2.74. The largest absolute Gasteiger partial charge is 0.481 e. The van der Waals surface area contributed by atoms with Crippen LogP contribution in [-0.4, -0.2) is 35.1 Å². The first-order chi connectivity index (χ1) is 8.50. The third-order valence-corrected chi connectivity index (χ3v) is 3.70. The maximum absolute atomic E-state index is 13.8. The predicted octanol–water partition coefficient (Wildman–Crippen LogP) is 2.33. The highest BCUT2D eigenvalue weighted by Gasteiger charge is 2.40. The van der Waals surface area contributed by atoms with Crippen LogP contribution in [0.1, 0.15) is 25.3 Å². The van der Waals surface area contributed by atoms with E-state index in [0.29, 0.717) is 18.7 Å². The average molecular weight is 251 g/mol. The number of rotatable bonds is 3. The van der Waals surface area contributed by atoms with Crippen LogP contribution in [-0.2, 0) is 4.79 Å². The Kier molecular flexibility index (Phi) is 3.66. The number of nitrogens with zero attached hydrogens (tertiary/aromatic N) is 1. The second-order valence-electron chi connectivity index (χ2n) is 5.12. The van der Waals surface area contributed by atoms with Crippen molar-refractivity contribution in [2.24, 2.45) is 5.92 Å². The van der Waals surface area contributed by atoms with E-state index >= 15 is 0 Å². The van der Waals surface area contributed by atoms with Crippen LogP contribution >= 0.6 is 0 Å². The standard InChI is InChI=1S/C14H18FNO2/c1-9(2)16-7-11(12(8-16)14(17)18)10-5-3-4-6-13(10)15/h3-6,9,11-12H,7-8H2,1-2H3,(H,17,18). The van der Waals surface area contributed by atoms with Gasteiger partial charge in [-0.1, -0.05) is 18.2 Å². The zero-order valence-electron chi connectivity index (χ0n) is 10.6. The summed E-state index contributed by atoms with van der Waals surface area (Å²) in [5.41, 5.74) is 0.521. The van der Waals surface area contributed by atoms with Crippen LogP contribution in [0, 0.1) is 11.7 Å². The van der Waals surface area contributed by atoms with Crippen molar-refractivity contribution in [3.05, 3.63) is 35.6 Å². The molecule has 98 valence electrons. The summed E-state index contributed by atoms with van der Waals surface area (Å²) in [6.07, 6.45) is 0. The van der Waals surface area contributed by atoms with Crippen LogP contribution in [0.4, 0.5) is 4.39 Å². The molecule has 3 nitrogen and oxygen atoms in total. The molecule has 1 aromatic carbocycles. The van der Waals surface area contributed by atoms with Crippen molar-refractivity contribution >= 4 is 5.97 Å². The van der Waals surface area contributed by atoms with Crippen LogP contribution in [0.25, 0.3) is 0 Å². The normalized spacial score (nSPS) is 24.7. The van der Waals surface area contributed by atoms with Gasteiger partial charge in [-0.25, -0.2) is 4.39 Å². The number of hydrogen-bond donors (Lipinski definition) is 1. The molecule has 1 heterocycles. The zero-order valence-corrected chi connectivity index (χ0v) is 10.6. The molecule has 2 rings (SSSR count). The Hall–Kier alpha value is -1.42. The van der Waals surface area contributed by atoms with Crippen molar-refractivity contribution in [1.29, 1.82) is 0 Å². The molecular weight excluding hydrogens is 233 g/mol. The predicted molar refractivity (Wildman–Crippen MR) is 67.0 cm³/mol. The molecule has 4 heteroatoms. The highest BCUT2D eigenvalue weighted by molar-refractivity contribution is 5.72. The zero-order chi connectivity index (χ0) is 13.3. The lowest BCUT2D eigenvalue weighted by atomic mass is 9.89. The second-order valence-corrected chi connectivity index (χ2v) is 5.12. The summed E-state index contributed by atoms with van der Waals surface area (Å²) in [7, 11) is 0. The minimum atomic E-state index is -0.841. The Morgan fingerprint density at radius 2 is 2.06 bits per heavy atom. The van der Waals surface area contributed by atoms with E-state index in [2.05, 4.69) is 4.90 Å². The minimum Gasteiger partial charge on any atom is -0.481 e. The van der Waals surface area contributed by atoms with Gasteiger partial charge in [0.05, 0.1) is 5.92 Å². The SMILES string of the molecule is CC(C)N1CC(C(=O)O)C(c2ccccc2F)C1. The van der Waals surface area contributed by atoms with Crippen molar-refractivity contribution in [1.82, 2.24) is 4.90 Å². The molecule has 0 spiro atoms. The molecule has 0 amide bonds. The van der Waals surface area contributed by atoms with Crippen LogP contribution < -0.4 is 0 Å². The maximum Gasteiger partial charge on any atom is 0.308 e. The highest BCUT2D eigenvalue weighted by Crippen LogP contribution is 2.35. The van der Waals surface area contributed by atoms with Gasteiger partial charge < -0.3 is 5.11 Å². The number of carboxylic acids is 1. The molecule has 18 heavy (non-hydrogen) atoms. The van der Waals surface area contributed by atoms with Crippen molar-refractivity contribution < 1.29 is 14.3 Å². The first-order valence-electron chi connectivity index (χ1n) is 6.22. The van der Waals surface area contributed by atoms with Crippen molar-refractivity contribution in [2.45, 2.75) is 25.8 Å². The van der Waals surface area contributed by atoms with E-state index in [1.807, 2.05) is 13.8 Å². The van der Waals surface area contributed by atoms with E-state index in [0.717, 1.165) is 0 Å². The van der Waals surface area contributed by atoms with E-state index in [9.17, 15) is 14.3 Å². The van der Waals surface area contributed by atoms with Crippen LogP contribution in [0.2, 0.25) is 0 Å². The number of carboxylic acid groups (broad SMARTS) is 1. The molecule has 1 aliphatic heterocycles. The van der Waals surface area contributed by atoms with E-state index in [4.69, 9.17) is 0 Å². The van der Waals surface area contributed by atoms with Gasteiger partial charge in [-0.15, -0.1) is 0 Å². The molecule has 1 fully saturated rings. The summed E-state index contributed by atoms with van der Waals surface area (Å²) in [4.78, 5) is 13.4. The lowest BCUT2D eigenvalue weighted by molar-refractivity contribution is -0.141. The molecule has 0 bridgehead atoms. The molecular formula is C14H18FNO2. The summed E-state index contributed by atoms with van der Waals surface area (Å²) in [5.74, 6) is -1.93. The lowest BCUT2D eigenvalue weighted by Gasteiger charge is -2.20. The molecule has 1 aromatic rings. The van der Waals surface area contributed by atoms with E-state index in [1.54, 1.807) is 18.2 Å². The first kappa shape index (κ1) is 13.0. The topological polar surface area (TPSA) is 40.5 Å². The Morgan fingerprint density at radius 1 is 1.39 bits per heavy atom. The molecule has 2 unspecified atom stereocenters. The van der Waals surface area contributed by atoms with Crippen LogP contribution in [0.15, 0.2) is 24.3 Å². The summed E-state index contributed by atoms with van der Waals surface area (Å²) >= 11 is 0. The minimum absolute atomic E-state index is 0.258. The molecule has 1 saturated heterocycles. The Bertz CT molecular complexity index is 447.